The van der Waals surface area contributed by atoms with Crippen LogP contribution in [0.1, 0.15) is 5.56 Å². The Hall–Kier alpha value is -2.24. The van der Waals surface area contributed by atoms with Crippen molar-refractivity contribution in [3.05, 3.63) is 64.4 Å². The normalized spacial score (nSPS) is 15.3. The third-order valence-electron chi connectivity index (χ3n) is 5.44. The summed E-state index contributed by atoms with van der Waals surface area (Å²) < 4.78 is 30.0. The molecule has 2 N–H and O–H groups in total. The van der Waals surface area contributed by atoms with Gasteiger partial charge < -0.3 is 4.74 Å². The van der Waals surface area contributed by atoms with E-state index >= 15 is 0 Å². The summed E-state index contributed by atoms with van der Waals surface area (Å²) in [4.78, 5) is 20.4. The Morgan fingerprint density at radius 2 is 1.75 bits per heavy atom. The number of aromatic nitrogens is 2. The Bertz CT molecular complexity index is 1240. The summed E-state index contributed by atoms with van der Waals surface area (Å²) in [5, 5.41) is 6.46. The van der Waals surface area contributed by atoms with E-state index in [0.29, 0.717) is 29.0 Å². The summed E-state index contributed by atoms with van der Waals surface area (Å²) in [6.45, 7) is 4.72. The largest absolute Gasteiger partial charge is 0.379 e. The molecule has 0 bridgehead atoms. The Morgan fingerprint density at radius 3 is 2.47 bits per heavy atom. The minimum atomic E-state index is -3.72. The maximum atomic E-state index is 13.2. The summed E-state index contributed by atoms with van der Waals surface area (Å²) in [5.74, 6) is 0.827. The molecule has 0 radical (unpaired) electrons. The number of sulfonamides is 1. The van der Waals surface area contributed by atoms with Crippen molar-refractivity contribution in [2.75, 3.05) is 38.6 Å². The molecule has 0 amide bonds. The van der Waals surface area contributed by atoms with Gasteiger partial charge in [-0.15, -0.1) is 0 Å². The second-order valence-corrected chi connectivity index (χ2v) is 10.2. The van der Waals surface area contributed by atoms with Crippen molar-refractivity contribution in [2.24, 2.45) is 5.14 Å². The first-order valence-electron chi connectivity index (χ1n) is 10.5. The number of primary sulfonamides is 1. The van der Waals surface area contributed by atoms with Crippen molar-refractivity contribution in [3.63, 3.8) is 0 Å². The van der Waals surface area contributed by atoms with Gasteiger partial charge >= 0.3 is 0 Å². The van der Waals surface area contributed by atoms with Crippen molar-refractivity contribution in [1.29, 1.82) is 0 Å². The van der Waals surface area contributed by atoms with Gasteiger partial charge in [-0.2, -0.15) is 0 Å². The van der Waals surface area contributed by atoms with Crippen LogP contribution >= 0.6 is 11.8 Å². The van der Waals surface area contributed by atoms with Crippen LogP contribution in [0.4, 0.5) is 0 Å². The maximum Gasteiger partial charge on any atom is 0.262 e. The lowest BCUT2D eigenvalue weighted by molar-refractivity contribution is 0.0410. The molecule has 0 spiro atoms. The van der Waals surface area contributed by atoms with Gasteiger partial charge in [-0.05, 0) is 36.2 Å². The highest BCUT2D eigenvalue weighted by molar-refractivity contribution is 7.99. The van der Waals surface area contributed by atoms with Crippen LogP contribution < -0.4 is 10.7 Å². The van der Waals surface area contributed by atoms with E-state index in [1.807, 2.05) is 18.2 Å². The van der Waals surface area contributed by atoms with Crippen LogP contribution in [-0.4, -0.2) is 61.5 Å². The lowest BCUT2D eigenvalue weighted by Crippen LogP contribution is -2.37. The number of hydrogen-bond donors (Lipinski definition) is 1. The molecule has 1 fully saturated rings. The molecule has 0 saturated carbocycles. The fourth-order valence-corrected chi connectivity index (χ4v) is 5.17. The molecule has 1 aliphatic rings. The minimum absolute atomic E-state index is 0.0642. The number of hydrogen-bond acceptors (Lipinski definition) is 7. The Balaban J connectivity index is 1.53. The first kappa shape index (κ1) is 22.9. The van der Waals surface area contributed by atoms with E-state index in [1.165, 1.54) is 12.1 Å². The first-order chi connectivity index (χ1) is 15.4. The van der Waals surface area contributed by atoms with Gasteiger partial charge in [0.15, 0.2) is 5.16 Å². The van der Waals surface area contributed by atoms with Crippen molar-refractivity contribution >= 4 is 32.7 Å². The highest BCUT2D eigenvalue weighted by Crippen LogP contribution is 2.19. The predicted octanol–water partition coefficient (Wildman–Crippen LogP) is 1.71. The Morgan fingerprint density at radius 1 is 1.03 bits per heavy atom. The van der Waals surface area contributed by atoms with Gasteiger partial charge in [0.25, 0.3) is 5.56 Å². The van der Waals surface area contributed by atoms with Crippen LogP contribution in [0.25, 0.3) is 10.9 Å². The third-order valence-corrected chi connectivity index (χ3v) is 7.33. The van der Waals surface area contributed by atoms with Crippen LogP contribution in [0.15, 0.2) is 63.4 Å². The maximum absolute atomic E-state index is 13.2. The molecule has 4 rings (SSSR count). The van der Waals surface area contributed by atoms with E-state index in [-0.39, 0.29) is 10.5 Å². The quantitative estimate of drug-likeness (QED) is 0.391. The molecule has 3 aromatic rings. The van der Waals surface area contributed by atoms with E-state index < -0.39 is 10.0 Å². The van der Waals surface area contributed by atoms with Crippen molar-refractivity contribution < 1.29 is 13.2 Å². The van der Waals surface area contributed by atoms with E-state index in [9.17, 15) is 13.2 Å². The molecule has 0 aliphatic carbocycles. The number of ether oxygens (including phenoxy) is 1. The summed E-state index contributed by atoms with van der Waals surface area (Å²) in [6.07, 6.45) is 0.571. The number of fused-ring (bicyclic) bond motifs is 1. The molecule has 170 valence electrons. The summed E-state index contributed by atoms with van der Waals surface area (Å²) in [6, 6.07) is 13.8. The number of aryl methyl sites for hydroxylation is 1. The first-order valence-corrected chi connectivity index (χ1v) is 13.0. The molecular formula is C22H26N4O4S2. The van der Waals surface area contributed by atoms with Crippen LogP contribution in [0.5, 0.6) is 0 Å². The standard InChI is InChI=1S/C22H26N4O4S2/c23-32(28,29)18-7-5-17(6-8-18)9-10-26-21(27)19-3-1-2-4-20(19)24-22(26)31-16-13-25-11-14-30-15-12-25/h1-8H,9-16H2,(H2,23,28,29). The Labute approximate surface area is 191 Å². The number of nitrogens with zero attached hydrogens (tertiary/aromatic N) is 3. The molecule has 1 saturated heterocycles. The fourth-order valence-electron chi connectivity index (χ4n) is 3.63. The van der Waals surface area contributed by atoms with E-state index in [4.69, 9.17) is 14.9 Å². The van der Waals surface area contributed by atoms with Crippen molar-refractivity contribution in [3.8, 4) is 0 Å². The minimum Gasteiger partial charge on any atom is -0.379 e. The molecule has 8 nitrogen and oxygen atoms in total. The van der Waals surface area contributed by atoms with Gasteiger partial charge in [0.2, 0.25) is 10.0 Å². The zero-order valence-electron chi connectivity index (χ0n) is 17.6. The molecule has 1 aliphatic heterocycles. The second-order valence-electron chi connectivity index (χ2n) is 7.61. The third kappa shape index (κ3) is 5.57. The van der Waals surface area contributed by atoms with Crippen molar-refractivity contribution in [2.45, 2.75) is 23.0 Å². The van der Waals surface area contributed by atoms with Crippen molar-refractivity contribution in [1.82, 2.24) is 14.5 Å². The summed E-state index contributed by atoms with van der Waals surface area (Å²) >= 11 is 1.58. The summed E-state index contributed by atoms with van der Waals surface area (Å²) in [5.41, 5.74) is 1.55. The van der Waals surface area contributed by atoms with E-state index in [2.05, 4.69) is 4.90 Å². The van der Waals surface area contributed by atoms with Gasteiger partial charge in [0.1, 0.15) is 0 Å². The Kier molecular flexibility index (Phi) is 7.27. The smallest absolute Gasteiger partial charge is 0.262 e. The van der Waals surface area contributed by atoms with Crippen LogP contribution in [-0.2, 0) is 27.7 Å². The predicted molar refractivity (Wildman–Crippen MR) is 126 cm³/mol. The number of rotatable bonds is 8. The molecular weight excluding hydrogens is 448 g/mol. The van der Waals surface area contributed by atoms with Gasteiger partial charge in [-0.25, -0.2) is 18.5 Å². The van der Waals surface area contributed by atoms with Gasteiger partial charge in [0, 0.05) is 31.9 Å². The molecule has 0 unspecified atom stereocenters. The van der Waals surface area contributed by atoms with E-state index in [1.54, 1.807) is 34.5 Å². The average Bonchev–Trinajstić information content (AvgIpc) is 2.79. The van der Waals surface area contributed by atoms with Crippen LogP contribution in [0, 0.1) is 0 Å². The number of nitrogens with two attached hydrogens (primary N) is 1. The fraction of sp³-hybridized carbons (Fsp3) is 0.364. The number of morpholine rings is 1. The monoisotopic (exact) mass is 474 g/mol. The zero-order chi connectivity index (χ0) is 22.6. The lowest BCUT2D eigenvalue weighted by Gasteiger charge is -2.26. The van der Waals surface area contributed by atoms with Crippen LogP contribution in [0.2, 0.25) is 0 Å². The SMILES string of the molecule is NS(=O)(=O)c1ccc(CCn2c(SCCN3CCOCC3)nc3ccccc3c2=O)cc1. The number of thioether (sulfide) groups is 1. The van der Waals surface area contributed by atoms with Gasteiger partial charge in [-0.1, -0.05) is 36.0 Å². The molecule has 2 aromatic carbocycles. The topological polar surface area (TPSA) is 108 Å². The molecule has 1 aromatic heterocycles. The highest BCUT2D eigenvalue weighted by atomic mass is 32.2. The van der Waals surface area contributed by atoms with Crippen LogP contribution in [0.3, 0.4) is 0 Å². The lowest BCUT2D eigenvalue weighted by atomic mass is 10.1. The molecule has 10 heteroatoms. The number of para-hydroxylation sites is 1. The van der Waals surface area contributed by atoms with E-state index in [0.717, 1.165) is 44.2 Å². The van der Waals surface area contributed by atoms with Gasteiger partial charge in [-0.3, -0.25) is 14.3 Å². The highest BCUT2D eigenvalue weighted by Gasteiger charge is 2.14. The molecule has 0 atom stereocenters. The molecule has 32 heavy (non-hydrogen) atoms. The second kappa shape index (κ2) is 10.1. The number of benzene rings is 2. The zero-order valence-corrected chi connectivity index (χ0v) is 19.3. The molecule has 2 heterocycles. The summed E-state index contributed by atoms with van der Waals surface area (Å²) in [7, 11) is -3.72. The van der Waals surface area contributed by atoms with Gasteiger partial charge in [0.05, 0.1) is 29.0 Å². The average molecular weight is 475 g/mol.